The van der Waals surface area contributed by atoms with Crippen LogP contribution in [0.25, 0.3) is 0 Å². The summed E-state index contributed by atoms with van der Waals surface area (Å²) in [6, 6.07) is 5.16. The third kappa shape index (κ3) is 4.27. The van der Waals surface area contributed by atoms with Gasteiger partial charge in [0, 0.05) is 6.54 Å². The van der Waals surface area contributed by atoms with Gasteiger partial charge in [0.1, 0.15) is 6.54 Å². The second-order valence-corrected chi connectivity index (χ2v) is 6.19. The second-order valence-electron chi connectivity index (χ2n) is 4.25. The quantitative estimate of drug-likeness (QED) is 0.752. The van der Waals surface area contributed by atoms with E-state index in [1.807, 2.05) is 0 Å². The number of methoxy groups -OCH3 is 1. The van der Waals surface area contributed by atoms with Crippen LogP contribution in [0.2, 0.25) is 0 Å². The van der Waals surface area contributed by atoms with E-state index in [1.165, 1.54) is 31.4 Å². The Bertz CT molecular complexity index is 608. The number of ether oxygens (including phenoxy) is 1. The number of hydrogen-bond donors (Lipinski definition) is 1. The first-order chi connectivity index (χ1) is 9.82. The van der Waals surface area contributed by atoms with Gasteiger partial charge in [-0.3, -0.25) is 4.79 Å². The van der Waals surface area contributed by atoms with E-state index in [1.54, 1.807) is 6.92 Å². The van der Waals surface area contributed by atoms with Crippen molar-refractivity contribution in [3.05, 3.63) is 29.8 Å². The molecule has 1 aromatic rings. The number of carboxylic acid groups (broad SMARTS) is 1. The number of hydrogen-bond acceptors (Lipinski definition) is 5. The topological polar surface area (TPSA) is 101 Å². The molecule has 0 atom stereocenters. The highest BCUT2D eigenvalue weighted by molar-refractivity contribution is 7.89. The molecule has 1 aromatic carbocycles. The molecule has 0 saturated carbocycles. The number of esters is 1. The number of carbonyl (C=O) groups excluding carboxylic acids is 1. The minimum absolute atomic E-state index is 0.0650. The number of rotatable bonds is 7. The highest BCUT2D eigenvalue weighted by Gasteiger charge is 2.26. The zero-order chi connectivity index (χ0) is 16.0. The number of carbonyl (C=O) groups is 2. The molecule has 0 aliphatic rings. The molecule has 0 unspecified atom stereocenters. The Kier molecular flexibility index (Phi) is 5.86. The van der Waals surface area contributed by atoms with Crippen molar-refractivity contribution in [1.82, 2.24) is 4.31 Å². The maximum atomic E-state index is 12.4. The van der Waals surface area contributed by atoms with E-state index in [2.05, 4.69) is 4.74 Å². The van der Waals surface area contributed by atoms with Crippen LogP contribution in [-0.2, 0) is 19.6 Å². The fourth-order valence-corrected chi connectivity index (χ4v) is 3.20. The van der Waals surface area contributed by atoms with Gasteiger partial charge in [-0.15, -0.1) is 0 Å². The van der Waals surface area contributed by atoms with E-state index in [-0.39, 0.29) is 17.0 Å². The molecular formula is C13H17NO6S. The first-order valence-electron chi connectivity index (χ1n) is 6.23. The SMILES string of the molecule is CCCN(CC(=O)O)S(=O)(=O)c1ccc(C(=O)OC)cc1. The summed E-state index contributed by atoms with van der Waals surface area (Å²) in [5.41, 5.74) is 0.219. The molecule has 0 fully saturated rings. The predicted molar refractivity (Wildman–Crippen MR) is 74.5 cm³/mol. The minimum Gasteiger partial charge on any atom is -0.480 e. The maximum Gasteiger partial charge on any atom is 0.337 e. The van der Waals surface area contributed by atoms with Crippen molar-refractivity contribution in [2.24, 2.45) is 0 Å². The fourth-order valence-electron chi connectivity index (χ4n) is 1.71. The van der Waals surface area contributed by atoms with Gasteiger partial charge in [-0.1, -0.05) is 6.92 Å². The molecule has 0 bridgehead atoms. The van der Waals surface area contributed by atoms with Gasteiger partial charge < -0.3 is 9.84 Å². The molecule has 0 heterocycles. The summed E-state index contributed by atoms with van der Waals surface area (Å²) in [6.07, 6.45) is 0.493. The Labute approximate surface area is 123 Å². The third-order valence-electron chi connectivity index (χ3n) is 2.70. The van der Waals surface area contributed by atoms with Crippen LogP contribution in [-0.4, -0.2) is 50.0 Å². The van der Waals surface area contributed by atoms with Gasteiger partial charge in [0.05, 0.1) is 17.6 Å². The lowest BCUT2D eigenvalue weighted by atomic mass is 10.2. The smallest absolute Gasteiger partial charge is 0.337 e. The van der Waals surface area contributed by atoms with E-state index in [0.29, 0.717) is 6.42 Å². The molecule has 0 saturated heterocycles. The fraction of sp³-hybridized carbons (Fsp3) is 0.385. The number of aliphatic carboxylic acids is 1. The molecule has 0 amide bonds. The summed E-state index contributed by atoms with van der Waals surface area (Å²) < 4.78 is 30.1. The molecule has 116 valence electrons. The standard InChI is InChI=1S/C13H17NO6S/c1-3-8-14(9-12(15)16)21(18,19)11-6-4-10(5-7-11)13(17)20-2/h4-7H,3,8-9H2,1-2H3,(H,15,16). The van der Waals surface area contributed by atoms with E-state index in [9.17, 15) is 18.0 Å². The van der Waals surface area contributed by atoms with E-state index < -0.39 is 28.5 Å². The summed E-state index contributed by atoms with van der Waals surface area (Å²) in [7, 11) is -2.68. The average molecular weight is 315 g/mol. The lowest BCUT2D eigenvalue weighted by Crippen LogP contribution is -2.36. The Morgan fingerprint density at radius 1 is 1.24 bits per heavy atom. The zero-order valence-electron chi connectivity index (χ0n) is 11.8. The van der Waals surface area contributed by atoms with E-state index >= 15 is 0 Å². The molecule has 0 radical (unpaired) electrons. The van der Waals surface area contributed by atoms with Crippen molar-refractivity contribution in [3.8, 4) is 0 Å². The lowest BCUT2D eigenvalue weighted by Gasteiger charge is -2.19. The predicted octanol–water partition coefficient (Wildman–Crippen LogP) is 0.958. The summed E-state index contributed by atoms with van der Waals surface area (Å²) >= 11 is 0. The zero-order valence-corrected chi connectivity index (χ0v) is 12.6. The van der Waals surface area contributed by atoms with Gasteiger partial charge in [-0.2, -0.15) is 4.31 Å². The number of benzene rings is 1. The molecule has 0 aliphatic heterocycles. The summed E-state index contributed by atoms with van der Waals surface area (Å²) in [4.78, 5) is 22.0. The molecule has 7 nitrogen and oxygen atoms in total. The Morgan fingerprint density at radius 2 is 1.81 bits per heavy atom. The first-order valence-corrected chi connectivity index (χ1v) is 7.67. The molecule has 0 spiro atoms. The molecule has 0 aliphatic carbocycles. The summed E-state index contributed by atoms with van der Waals surface area (Å²) in [6.45, 7) is 1.26. The molecule has 1 N–H and O–H groups in total. The highest BCUT2D eigenvalue weighted by atomic mass is 32.2. The van der Waals surface area contributed by atoms with Gasteiger partial charge in [-0.05, 0) is 30.7 Å². The monoisotopic (exact) mass is 315 g/mol. The van der Waals surface area contributed by atoms with Crippen LogP contribution in [0.3, 0.4) is 0 Å². The number of carboxylic acids is 1. The Morgan fingerprint density at radius 3 is 2.24 bits per heavy atom. The molecule has 1 rings (SSSR count). The van der Waals surface area contributed by atoms with Crippen molar-refractivity contribution in [2.75, 3.05) is 20.2 Å². The van der Waals surface area contributed by atoms with Gasteiger partial charge in [0.15, 0.2) is 0 Å². The Balaban J connectivity index is 3.10. The van der Waals surface area contributed by atoms with Crippen molar-refractivity contribution in [2.45, 2.75) is 18.2 Å². The van der Waals surface area contributed by atoms with Crippen molar-refractivity contribution in [3.63, 3.8) is 0 Å². The van der Waals surface area contributed by atoms with Crippen LogP contribution >= 0.6 is 0 Å². The van der Waals surface area contributed by atoms with Crippen LogP contribution in [0.4, 0.5) is 0 Å². The summed E-state index contributed by atoms with van der Waals surface area (Å²) in [5.74, 6) is -1.80. The minimum atomic E-state index is -3.91. The van der Waals surface area contributed by atoms with Crippen LogP contribution in [0.5, 0.6) is 0 Å². The summed E-state index contributed by atoms with van der Waals surface area (Å²) in [5, 5.41) is 8.80. The van der Waals surface area contributed by atoms with Crippen molar-refractivity contribution < 1.29 is 27.9 Å². The van der Waals surface area contributed by atoms with E-state index in [0.717, 1.165) is 4.31 Å². The highest BCUT2D eigenvalue weighted by Crippen LogP contribution is 2.17. The van der Waals surface area contributed by atoms with Crippen LogP contribution in [0.15, 0.2) is 29.2 Å². The van der Waals surface area contributed by atoms with Gasteiger partial charge >= 0.3 is 11.9 Å². The second kappa shape index (κ2) is 7.19. The molecular weight excluding hydrogens is 298 g/mol. The molecule has 21 heavy (non-hydrogen) atoms. The van der Waals surface area contributed by atoms with Gasteiger partial charge in [-0.25, -0.2) is 13.2 Å². The Hall–Kier alpha value is -1.93. The van der Waals surface area contributed by atoms with Crippen LogP contribution in [0.1, 0.15) is 23.7 Å². The molecule has 0 aromatic heterocycles. The lowest BCUT2D eigenvalue weighted by molar-refractivity contribution is -0.137. The maximum absolute atomic E-state index is 12.4. The number of nitrogens with zero attached hydrogens (tertiary/aromatic N) is 1. The first kappa shape index (κ1) is 17.1. The third-order valence-corrected chi connectivity index (χ3v) is 4.56. The van der Waals surface area contributed by atoms with E-state index in [4.69, 9.17) is 5.11 Å². The van der Waals surface area contributed by atoms with Crippen LogP contribution in [0, 0.1) is 0 Å². The van der Waals surface area contributed by atoms with Crippen LogP contribution < -0.4 is 0 Å². The average Bonchev–Trinajstić information content (AvgIpc) is 2.45. The molecule has 8 heteroatoms. The number of sulfonamides is 1. The van der Waals surface area contributed by atoms with Gasteiger partial charge in [0.25, 0.3) is 0 Å². The normalized spacial score (nSPS) is 11.4. The van der Waals surface area contributed by atoms with Crippen molar-refractivity contribution >= 4 is 22.0 Å². The largest absolute Gasteiger partial charge is 0.480 e. The van der Waals surface area contributed by atoms with Gasteiger partial charge in [0.2, 0.25) is 10.0 Å². The van der Waals surface area contributed by atoms with Crippen molar-refractivity contribution in [1.29, 1.82) is 0 Å².